The smallest absolute Gasteiger partial charge is 0.230 e. The van der Waals surface area contributed by atoms with Gasteiger partial charge in [0.05, 0.1) is 6.61 Å². The Balaban J connectivity index is 1.73. The summed E-state index contributed by atoms with van der Waals surface area (Å²) in [6, 6.07) is 11.5. The summed E-state index contributed by atoms with van der Waals surface area (Å²) in [5.74, 6) is 1.07. The Morgan fingerprint density at radius 1 is 1.04 bits per heavy atom. The van der Waals surface area contributed by atoms with Crippen LogP contribution in [-0.4, -0.2) is 25.0 Å². The van der Waals surface area contributed by atoms with Gasteiger partial charge in [-0.05, 0) is 54.5 Å². The second-order valence-corrected chi connectivity index (χ2v) is 8.07. The summed E-state index contributed by atoms with van der Waals surface area (Å²) in [7, 11) is 0. The zero-order valence-electron chi connectivity index (χ0n) is 16.7. The number of benzene rings is 1. The summed E-state index contributed by atoms with van der Waals surface area (Å²) >= 11 is 0. The van der Waals surface area contributed by atoms with Gasteiger partial charge in [0, 0.05) is 23.1 Å². The minimum Gasteiger partial charge on any atom is -0.392 e. The van der Waals surface area contributed by atoms with E-state index >= 15 is 0 Å². The van der Waals surface area contributed by atoms with Gasteiger partial charge in [0.1, 0.15) is 6.33 Å². The average molecular weight is 377 g/mol. The van der Waals surface area contributed by atoms with Gasteiger partial charge in [0.2, 0.25) is 5.95 Å². The molecule has 0 amide bonds. The average Bonchev–Trinajstić information content (AvgIpc) is 2.68. The SMILES string of the molecule is CC(C)(C)CCCc1cc(-c2ncnc(Nc3cccc(CO)c3)n2)ccn1. The van der Waals surface area contributed by atoms with E-state index in [1.165, 1.54) is 6.33 Å². The molecule has 28 heavy (non-hydrogen) atoms. The van der Waals surface area contributed by atoms with E-state index in [-0.39, 0.29) is 6.61 Å². The molecule has 2 N–H and O–H groups in total. The van der Waals surface area contributed by atoms with E-state index in [0.717, 1.165) is 41.8 Å². The molecule has 0 aliphatic rings. The van der Waals surface area contributed by atoms with Crippen molar-refractivity contribution in [2.45, 2.75) is 46.6 Å². The fourth-order valence-electron chi connectivity index (χ4n) is 2.93. The molecule has 3 aromatic rings. The normalized spacial score (nSPS) is 11.4. The number of aryl methyl sites for hydroxylation is 1. The number of nitrogens with one attached hydrogen (secondary N) is 1. The van der Waals surface area contributed by atoms with Crippen LogP contribution in [0.15, 0.2) is 48.9 Å². The van der Waals surface area contributed by atoms with Crippen molar-refractivity contribution in [3.8, 4) is 11.4 Å². The third kappa shape index (κ3) is 5.82. The lowest BCUT2D eigenvalue weighted by atomic mass is 9.89. The standard InChI is InChI=1S/C22H27N5O/c1-22(2,3)10-5-8-18-13-17(9-11-23-18)20-24-15-25-21(27-20)26-19-7-4-6-16(12-19)14-28/h4,6-7,9,11-13,15,28H,5,8,10,14H2,1-3H3,(H,24,25,26,27). The van der Waals surface area contributed by atoms with Gasteiger partial charge in [-0.15, -0.1) is 0 Å². The van der Waals surface area contributed by atoms with Crippen LogP contribution in [0.5, 0.6) is 0 Å². The summed E-state index contributed by atoms with van der Waals surface area (Å²) < 4.78 is 0. The van der Waals surface area contributed by atoms with E-state index < -0.39 is 0 Å². The van der Waals surface area contributed by atoms with Gasteiger partial charge in [-0.1, -0.05) is 32.9 Å². The second-order valence-electron chi connectivity index (χ2n) is 8.07. The van der Waals surface area contributed by atoms with Gasteiger partial charge in [-0.2, -0.15) is 4.98 Å². The molecule has 0 saturated carbocycles. The van der Waals surface area contributed by atoms with Gasteiger partial charge >= 0.3 is 0 Å². The van der Waals surface area contributed by atoms with E-state index in [4.69, 9.17) is 0 Å². The predicted octanol–water partition coefficient (Wildman–Crippen LogP) is 4.54. The topological polar surface area (TPSA) is 83.8 Å². The highest BCUT2D eigenvalue weighted by Gasteiger charge is 2.11. The minimum absolute atomic E-state index is 0.00697. The molecular weight excluding hydrogens is 350 g/mol. The third-order valence-corrected chi connectivity index (χ3v) is 4.37. The van der Waals surface area contributed by atoms with Crippen LogP contribution in [0.4, 0.5) is 11.6 Å². The first kappa shape index (κ1) is 19.9. The van der Waals surface area contributed by atoms with Gasteiger partial charge in [-0.25, -0.2) is 9.97 Å². The minimum atomic E-state index is -0.00697. The maximum Gasteiger partial charge on any atom is 0.230 e. The highest BCUT2D eigenvalue weighted by Crippen LogP contribution is 2.23. The first-order valence-electron chi connectivity index (χ1n) is 9.54. The molecule has 0 saturated heterocycles. The number of aromatic nitrogens is 4. The van der Waals surface area contributed by atoms with Crippen LogP contribution >= 0.6 is 0 Å². The van der Waals surface area contributed by atoms with Crippen LogP contribution in [0, 0.1) is 5.41 Å². The molecular formula is C22H27N5O. The van der Waals surface area contributed by atoms with Crippen molar-refractivity contribution < 1.29 is 5.11 Å². The highest BCUT2D eigenvalue weighted by atomic mass is 16.3. The van der Waals surface area contributed by atoms with Crippen LogP contribution in [0.2, 0.25) is 0 Å². The summed E-state index contributed by atoms with van der Waals surface area (Å²) in [5, 5.41) is 12.4. The Morgan fingerprint density at radius 2 is 1.89 bits per heavy atom. The van der Waals surface area contributed by atoms with Gasteiger partial charge in [-0.3, -0.25) is 4.98 Å². The molecule has 0 aliphatic carbocycles. The molecule has 0 bridgehead atoms. The molecule has 2 aromatic heterocycles. The van der Waals surface area contributed by atoms with Crippen molar-refractivity contribution in [1.82, 2.24) is 19.9 Å². The van der Waals surface area contributed by atoms with Crippen LogP contribution in [0.3, 0.4) is 0 Å². The maximum absolute atomic E-state index is 9.28. The molecule has 0 fully saturated rings. The number of hydrogen-bond donors (Lipinski definition) is 2. The third-order valence-electron chi connectivity index (χ3n) is 4.37. The molecule has 0 aliphatic heterocycles. The first-order valence-corrected chi connectivity index (χ1v) is 9.54. The van der Waals surface area contributed by atoms with E-state index in [0.29, 0.717) is 17.2 Å². The molecule has 1 aromatic carbocycles. The van der Waals surface area contributed by atoms with Crippen LogP contribution in [-0.2, 0) is 13.0 Å². The fourth-order valence-corrected chi connectivity index (χ4v) is 2.93. The quantitative estimate of drug-likeness (QED) is 0.629. The van der Waals surface area contributed by atoms with Crippen LogP contribution in [0.25, 0.3) is 11.4 Å². The summed E-state index contributed by atoms with van der Waals surface area (Å²) in [6.45, 7) is 6.76. The molecule has 3 rings (SSSR count). The molecule has 0 atom stereocenters. The van der Waals surface area contributed by atoms with Crippen molar-refractivity contribution in [2.24, 2.45) is 5.41 Å². The second kappa shape index (κ2) is 8.89. The summed E-state index contributed by atoms with van der Waals surface area (Å²) in [4.78, 5) is 17.5. The molecule has 6 heteroatoms. The molecule has 0 unspecified atom stereocenters. The lowest BCUT2D eigenvalue weighted by Crippen LogP contribution is -2.05. The van der Waals surface area contributed by atoms with Gasteiger partial charge in [0.25, 0.3) is 0 Å². The fraction of sp³-hybridized carbons (Fsp3) is 0.364. The Morgan fingerprint density at radius 3 is 2.68 bits per heavy atom. The van der Waals surface area contributed by atoms with Crippen molar-refractivity contribution in [3.05, 3.63) is 60.2 Å². The van der Waals surface area contributed by atoms with Crippen molar-refractivity contribution in [3.63, 3.8) is 0 Å². The Bertz CT molecular complexity index is 921. The lowest BCUT2D eigenvalue weighted by Gasteiger charge is -2.17. The number of hydrogen-bond acceptors (Lipinski definition) is 6. The largest absolute Gasteiger partial charge is 0.392 e. The maximum atomic E-state index is 9.28. The number of aliphatic hydroxyl groups is 1. The number of nitrogens with zero attached hydrogens (tertiary/aromatic N) is 4. The number of anilines is 2. The van der Waals surface area contributed by atoms with Crippen LogP contribution in [0.1, 0.15) is 44.9 Å². The molecule has 146 valence electrons. The molecule has 0 spiro atoms. The monoisotopic (exact) mass is 377 g/mol. The lowest BCUT2D eigenvalue weighted by molar-refractivity contribution is 0.282. The molecule has 2 heterocycles. The van der Waals surface area contributed by atoms with Crippen LogP contribution < -0.4 is 5.32 Å². The molecule has 6 nitrogen and oxygen atoms in total. The zero-order valence-corrected chi connectivity index (χ0v) is 16.7. The summed E-state index contributed by atoms with van der Waals surface area (Å²) in [5.41, 5.74) is 3.96. The van der Waals surface area contributed by atoms with Crippen molar-refractivity contribution >= 4 is 11.6 Å². The van der Waals surface area contributed by atoms with E-state index in [1.54, 1.807) is 0 Å². The van der Waals surface area contributed by atoms with E-state index in [1.807, 2.05) is 42.6 Å². The first-order chi connectivity index (χ1) is 13.4. The zero-order chi connectivity index (χ0) is 20.0. The van der Waals surface area contributed by atoms with Gasteiger partial charge in [0.15, 0.2) is 5.82 Å². The van der Waals surface area contributed by atoms with E-state index in [2.05, 4.69) is 46.0 Å². The van der Waals surface area contributed by atoms with Crippen molar-refractivity contribution in [2.75, 3.05) is 5.32 Å². The number of rotatable bonds is 7. The van der Waals surface area contributed by atoms with Crippen molar-refractivity contribution in [1.29, 1.82) is 0 Å². The highest BCUT2D eigenvalue weighted by molar-refractivity contribution is 5.59. The number of aliphatic hydroxyl groups excluding tert-OH is 1. The van der Waals surface area contributed by atoms with E-state index in [9.17, 15) is 5.11 Å². The molecule has 0 radical (unpaired) electrons. The Hall–Kier alpha value is -2.86. The Kier molecular flexibility index (Phi) is 6.31. The van der Waals surface area contributed by atoms with Gasteiger partial charge < -0.3 is 10.4 Å². The predicted molar refractivity (Wildman–Crippen MR) is 111 cm³/mol. The Labute approximate surface area is 166 Å². The summed E-state index contributed by atoms with van der Waals surface area (Å²) in [6.07, 6.45) is 6.51. The number of pyridine rings is 1.